The van der Waals surface area contributed by atoms with Gasteiger partial charge in [0.25, 0.3) is 0 Å². The van der Waals surface area contributed by atoms with Crippen LogP contribution in [-0.4, -0.2) is 4.98 Å². The quantitative estimate of drug-likeness (QED) is 0.438. The van der Waals surface area contributed by atoms with Crippen LogP contribution in [0.2, 0.25) is 0 Å². The Labute approximate surface area is 141 Å². The van der Waals surface area contributed by atoms with E-state index in [1.165, 1.54) is 0 Å². The van der Waals surface area contributed by atoms with Crippen LogP contribution in [0, 0.1) is 0 Å². The first-order valence-corrected chi connectivity index (χ1v) is 8.04. The Morgan fingerprint density at radius 3 is 1.92 bits per heavy atom. The summed E-state index contributed by atoms with van der Waals surface area (Å²) in [4.78, 5) is 4.98. The first kappa shape index (κ1) is 14.4. The molecule has 0 aliphatic heterocycles. The van der Waals surface area contributed by atoms with Crippen molar-refractivity contribution in [1.82, 2.24) is 4.98 Å². The Bertz CT molecular complexity index is 1000. The number of hydrogen-bond donors (Lipinski definition) is 0. The first-order chi connectivity index (χ1) is 11.9. The highest BCUT2D eigenvalue weighted by Gasteiger charge is 2.15. The summed E-state index contributed by atoms with van der Waals surface area (Å²) in [7, 11) is 0. The average Bonchev–Trinajstić information content (AvgIpc) is 2.67. The van der Waals surface area contributed by atoms with Gasteiger partial charge in [-0.2, -0.15) is 0 Å². The number of rotatable bonds is 3. The number of benzene rings is 3. The third-order valence-electron chi connectivity index (χ3n) is 4.25. The van der Waals surface area contributed by atoms with E-state index in [1.54, 1.807) is 0 Å². The van der Waals surface area contributed by atoms with Gasteiger partial charge in [-0.1, -0.05) is 91.5 Å². The van der Waals surface area contributed by atoms with E-state index >= 15 is 0 Å². The summed E-state index contributed by atoms with van der Waals surface area (Å²) in [5.74, 6) is 0. The predicted octanol–water partition coefficient (Wildman–Crippen LogP) is 6.21. The second-order valence-electron chi connectivity index (χ2n) is 5.70. The molecule has 1 heterocycles. The second kappa shape index (κ2) is 6.13. The summed E-state index contributed by atoms with van der Waals surface area (Å²) in [6, 6.07) is 29.0. The fourth-order valence-electron chi connectivity index (χ4n) is 3.15. The molecule has 0 atom stereocenters. The van der Waals surface area contributed by atoms with E-state index in [1.807, 2.05) is 30.3 Å². The van der Waals surface area contributed by atoms with Crippen LogP contribution in [-0.2, 0) is 0 Å². The molecule has 0 N–H and O–H groups in total. The summed E-state index contributed by atoms with van der Waals surface area (Å²) < 4.78 is 0. The normalized spacial score (nSPS) is 10.7. The largest absolute Gasteiger partial charge is 0.247 e. The maximum absolute atomic E-state index is 4.98. The zero-order valence-electron chi connectivity index (χ0n) is 13.3. The van der Waals surface area contributed by atoms with Crippen molar-refractivity contribution < 1.29 is 0 Å². The molecule has 0 saturated heterocycles. The number of para-hydroxylation sites is 1. The summed E-state index contributed by atoms with van der Waals surface area (Å²) in [6.45, 7) is 4.07. The van der Waals surface area contributed by atoms with Gasteiger partial charge in [0, 0.05) is 16.5 Å². The maximum atomic E-state index is 4.98. The number of fused-ring (bicyclic) bond motifs is 1. The monoisotopic (exact) mass is 307 g/mol. The number of aromatic nitrogens is 1. The molecule has 4 aromatic rings. The smallest absolute Gasteiger partial charge is 0.0794 e. The van der Waals surface area contributed by atoms with Gasteiger partial charge in [-0.15, -0.1) is 0 Å². The summed E-state index contributed by atoms with van der Waals surface area (Å²) in [5.41, 5.74) is 6.53. The molecular formula is C23H17N. The Kier molecular flexibility index (Phi) is 3.68. The Morgan fingerprint density at radius 2 is 1.25 bits per heavy atom. The molecule has 24 heavy (non-hydrogen) atoms. The van der Waals surface area contributed by atoms with E-state index in [2.05, 4.69) is 67.2 Å². The molecule has 0 radical (unpaired) electrons. The lowest BCUT2D eigenvalue weighted by atomic mass is 9.92. The number of nitrogens with zero attached hydrogens (tertiary/aromatic N) is 1. The van der Waals surface area contributed by atoms with E-state index in [0.717, 1.165) is 38.9 Å². The van der Waals surface area contributed by atoms with Gasteiger partial charge >= 0.3 is 0 Å². The lowest BCUT2D eigenvalue weighted by molar-refractivity contribution is 1.39. The average molecular weight is 307 g/mol. The molecule has 1 nitrogen and oxygen atoms in total. The lowest BCUT2D eigenvalue weighted by Crippen LogP contribution is -1.95. The van der Waals surface area contributed by atoms with Crippen LogP contribution in [0.25, 0.3) is 39.4 Å². The van der Waals surface area contributed by atoms with Gasteiger partial charge < -0.3 is 0 Å². The van der Waals surface area contributed by atoms with E-state index in [-0.39, 0.29) is 0 Å². The van der Waals surface area contributed by atoms with Crippen molar-refractivity contribution in [3.05, 3.63) is 97.1 Å². The number of hydrogen-bond acceptors (Lipinski definition) is 1. The van der Waals surface area contributed by atoms with Gasteiger partial charge in [-0.05, 0) is 17.2 Å². The van der Waals surface area contributed by atoms with Crippen molar-refractivity contribution in [2.45, 2.75) is 0 Å². The van der Waals surface area contributed by atoms with Crippen molar-refractivity contribution in [1.29, 1.82) is 0 Å². The van der Waals surface area contributed by atoms with Gasteiger partial charge in [-0.3, -0.25) is 0 Å². The lowest BCUT2D eigenvalue weighted by Gasteiger charge is -2.16. The highest BCUT2D eigenvalue weighted by atomic mass is 14.7. The Balaban J connectivity index is 2.15. The molecule has 3 aromatic carbocycles. The minimum Gasteiger partial charge on any atom is -0.247 e. The molecule has 1 heteroatoms. The molecule has 114 valence electrons. The summed E-state index contributed by atoms with van der Waals surface area (Å²) in [6.07, 6.45) is 1.94. The number of pyridine rings is 1. The maximum Gasteiger partial charge on any atom is 0.0794 e. The van der Waals surface area contributed by atoms with E-state index < -0.39 is 0 Å². The standard InChI is InChI=1S/C23H17N/c1-2-19-20-15-9-10-16-21(20)24-23(18-13-7-4-8-14-18)22(19)17-11-5-3-6-12-17/h2-16H,1H2. The van der Waals surface area contributed by atoms with Crippen LogP contribution in [0.1, 0.15) is 5.56 Å². The van der Waals surface area contributed by atoms with Crippen LogP contribution in [0.15, 0.2) is 91.5 Å². The topological polar surface area (TPSA) is 12.9 Å². The second-order valence-corrected chi connectivity index (χ2v) is 5.70. The Morgan fingerprint density at radius 1 is 0.667 bits per heavy atom. The van der Waals surface area contributed by atoms with Crippen molar-refractivity contribution >= 4 is 17.0 Å². The third kappa shape index (κ3) is 2.40. The molecule has 0 saturated carbocycles. The zero-order valence-corrected chi connectivity index (χ0v) is 13.3. The van der Waals surface area contributed by atoms with Crippen LogP contribution in [0.3, 0.4) is 0 Å². The molecule has 0 aliphatic carbocycles. The molecule has 4 rings (SSSR count). The van der Waals surface area contributed by atoms with Gasteiger partial charge in [0.2, 0.25) is 0 Å². The highest BCUT2D eigenvalue weighted by molar-refractivity contribution is 6.00. The fourth-order valence-corrected chi connectivity index (χ4v) is 3.15. The van der Waals surface area contributed by atoms with Gasteiger partial charge in [0.15, 0.2) is 0 Å². The SMILES string of the molecule is C=Cc1c(-c2ccccc2)c(-c2ccccc2)nc2ccccc12. The van der Waals surface area contributed by atoms with Crippen molar-refractivity contribution in [3.63, 3.8) is 0 Å². The van der Waals surface area contributed by atoms with E-state index in [4.69, 9.17) is 4.98 Å². The van der Waals surface area contributed by atoms with Crippen molar-refractivity contribution in [2.75, 3.05) is 0 Å². The van der Waals surface area contributed by atoms with E-state index in [9.17, 15) is 0 Å². The minimum atomic E-state index is 0.992. The molecule has 0 unspecified atom stereocenters. The fraction of sp³-hybridized carbons (Fsp3) is 0. The van der Waals surface area contributed by atoms with Crippen LogP contribution < -0.4 is 0 Å². The van der Waals surface area contributed by atoms with Crippen LogP contribution in [0.4, 0.5) is 0 Å². The van der Waals surface area contributed by atoms with Crippen molar-refractivity contribution in [3.8, 4) is 22.4 Å². The molecular weight excluding hydrogens is 290 g/mol. The molecule has 0 bridgehead atoms. The summed E-state index contributed by atoms with van der Waals surface area (Å²) >= 11 is 0. The van der Waals surface area contributed by atoms with Crippen molar-refractivity contribution in [2.24, 2.45) is 0 Å². The van der Waals surface area contributed by atoms with Crippen LogP contribution >= 0.6 is 0 Å². The van der Waals surface area contributed by atoms with Gasteiger partial charge in [0.1, 0.15) is 0 Å². The zero-order chi connectivity index (χ0) is 16.4. The molecule has 0 aliphatic rings. The first-order valence-electron chi connectivity index (χ1n) is 8.04. The minimum absolute atomic E-state index is 0.992. The highest BCUT2D eigenvalue weighted by Crippen LogP contribution is 2.37. The molecule has 1 aromatic heterocycles. The van der Waals surface area contributed by atoms with Gasteiger partial charge in [-0.25, -0.2) is 4.98 Å². The molecule has 0 fully saturated rings. The van der Waals surface area contributed by atoms with Crippen LogP contribution in [0.5, 0.6) is 0 Å². The summed E-state index contributed by atoms with van der Waals surface area (Å²) in [5, 5.41) is 1.13. The molecule has 0 spiro atoms. The predicted molar refractivity (Wildman–Crippen MR) is 103 cm³/mol. The van der Waals surface area contributed by atoms with Gasteiger partial charge in [0.05, 0.1) is 11.2 Å². The molecule has 0 amide bonds. The third-order valence-corrected chi connectivity index (χ3v) is 4.25. The van der Waals surface area contributed by atoms with E-state index in [0.29, 0.717) is 0 Å². The Hall–Kier alpha value is -3.19.